The summed E-state index contributed by atoms with van der Waals surface area (Å²) in [5.41, 5.74) is 0.455. The van der Waals surface area contributed by atoms with Crippen molar-refractivity contribution < 1.29 is 9.53 Å². The van der Waals surface area contributed by atoms with E-state index in [1.54, 1.807) is 31.2 Å². The Hall–Kier alpha value is -1.67. The van der Waals surface area contributed by atoms with Crippen LogP contribution in [0.4, 0.5) is 0 Å². The van der Waals surface area contributed by atoms with Gasteiger partial charge in [0, 0.05) is 24.6 Å². The molecule has 0 saturated carbocycles. The van der Waals surface area contributed by atoms with Crippen LogP contribution in [-0.2, 0) is 4.79 Å². The molecular weight excluding hydrogens is 260 g/mol. The molecule has 0 spiro atoms. The van der Waals surface area contributed by atoms with Crippen molar-refractivity contribution in [2.24, 2.45) is 0 Å². The zero-order valence-electron chi connectivity index (χ0n) is 10.8. The molecule has 5 heteroatoms. The molecule has 1 saturated heterocycles. The maximum atomic E-state index is 12.2. The van der Waals surface area contributed by atoms with E-state index in [2.05, 4.69) is 6.07 Å². The second-order valence-corrected chi connectivity index (χ2v) is 5.53. The van der Waals surface area contributed by atoms with E-state index in [0.717, 1.165) is 24.6 Å². The van der Waals surface area contributed by atoms with Crippen LogP contribution in [0.1, 0.15) is 12.5 Å². The largest absolute Gasteiger partial charge is 0.480 e. The molecule has 0 N–H and O–H groups in total. The van der Waals surface area contributed by atoms with Gasteiger partial charge < -0.3 is 9.64 Å². The predicted octanol–water partition coefficient (Wildman–Crippen LogP) is 1.90. The number of thioether (sulfide) groups is 1. The quantitative estimate of drug-likeness (QED) is 0.846. The Kier molecular flexibility index (Phi) is 4.69. The van der Waals surface area contributed by atoms with E-state index in [-0.39, 0.29) is 5.91 Å². The van der Waals surface area contributed by atoms with Gasteiger partial charge in [0.1, 0.15) is 11.8 Å². The Labute approximate surface area is 117 Å². The molecule has 1 heterocycles. The highest BCUT2D eigenvalue weighted by Gasteiger charge is 2.24. The highest BCUT2D eigenvalue weighted by atomic mass is 32.2. The summed E-state index contributed by atoms with van der Waals surface area (Å²) in [6.07, 6.45) is -0.558. The lowest BCUT2D eigenvalue weighted by atomic mass is 10.2. The van der Waals surface area contributed by atoms with Crippen molar-refractivity contribution >= 4 is 17.7 Å². The number of nitrogens with zero attached hydrogens (tertiary/aromatic N) is 2. The molecule has 100 valence electrons. The molecule has 2 rings (SSSR count). The first-order chi connectivity index (χ1) is 9.22. The highest BCUT2D eigenvalue weighted by Crippen LogP contribution is 2.19. The summed E-state index contributed by atoms with van der Waals surface area (Å²) < 4.78 is 5.63. The number of benzene rings is 1. The van der Waals surface area contributed by atoms with Crippen molar-refractivity contribution in [1.29, 1.82) is 5.26 Å². The fourth-order valence-electron chi connectivity index (χ4n) is 1.94. The summed E-state index contributed by atoms with van der Waals surface area (Å²) >= 11 is 1.86. The SMILES string of the molecule is CC(Oc1ccccc1C#N)C(=O)N1CCSCC1. The maximum absolute atomic E-state index is 12.2. The van der Waals surface area contributed by atoms with Crippen LogP contribution in [0.3, 0.4) is 0 Å². The summed E-state index contributed by atoms with van der Waals surface area (Å²) in [7, 11) is 0. The first-order valence-corrected chi connectivity index (χ1v) is 7.40. The molecule has 1 unspecified atom stereocenters. The van der Waals surface area contributed by atoms with Crippen molar-refractivity contribution in [2.45, 2.75) is 13.0 Å². The molecule has 4 nitrogen and oxygen atoms in total. The minimum atomic E-state index is -0.558. The number of carbonyl (C=O) groups is 1. The van der Waals surface area contributed by atoms with E-state index < -0.39 is 6.10 Å². The molecule has 19 heavy (non-hydrogen) atoms. The number of ether oxygens (including phenoxy) is 1. The van der Waals surface area contributed by atoms with Gasteiger partial charge in [0.2, 0.25) is 0 Å². The van der Waals surface area contributed by atoms with Crippen molar-refractivity contribution in [1.82, 2.24) is 4.90 Å². The second kappa shape index (κ2) is 6.48. The summed E-state index contributed by atoms with van der Waals surface area (Å²) in [5.74, 6) is 2.42. The van der Waals surface area contributed by atoms with Crippen molar-refractivity contribution in [2.75, 3.05) is 24.6 Å². The molecule has 1 aliphatic heterocycles. The van der Waals surface area contributed by atoms with Crippen LogP contribution in [-0.4, -0.2) is 41.5 Å². The maximum Gasteiger partial charge on any atom is 0.263 e. The third kappa shape index (κ3) is 3.42. The number of hydrogen-bond acceptors (Lipinski definition) is 4. The zero-order chi connectivity index (χ0) is 13.7. The van der Waals surface area contributed by atoms with Crippen LogP contribution >= 0.6 is 11.8 Å². The van der Waals surface area contributed by atoms with Crippen LogP contribution in [0.5, 0.6) is 5.75 Å². The van der Waals surface area contributed by atoms with Gasteiger partial charge in [-0.05, 0) is 19.1 Å². The first kappa shape index (κ1) is 13.8. The van der Waals surface area contributed by atoms with Gasteiger partial charge in [-0.3, -0.25) is 4.79 Å². The lowest BCUT2D eigenvalue weighted by Crippen LogP contribution is -2.44. The molecule has 1 fully saturated rings. The van der Waals surface area contributed by atoms with Gasteiger partial charge in [-0.15, -0.1) is 0 Å². The van der Waals surface area contributed by atoms with E-state index in [9.17, 15) is 4.79 Å². The molecule has 1 atom stereocenters. The van der Waals surface area contributed by atoms with E-state index >= 15 is 0 Å². The molecule has 0 bridgehead atoms. The number of rotatable bonds is 3. The molecule has 0 aromatic heterocycles. The first-order valence-electron chi connectivity index (χ1n) is 6.24. The van der Waals surface area contributed by atoms with Crippen molar-refractivity contribution in [3.63, 3.8) is 0 Å². The smallest absolute Gasteiger partial charge is 0.263 e. The normalized spacial score (nSPS) is 16.5. The van der Waals surface area contributed by atoms with Gasteiger partial charge in [0.05, 0.1) is 5.56 Å². The lowest BCUT2D eigenvalue weighted by Gasteiger charge is -2.29. The second-order valence-electron chi connectivity index (χ2n) is 4.31. The standard InChI is InChI=1S/C14H16N2O2S/c1-11(14(17)16-6-8-19-9-7-16)18-13-5-3-2-4-12(13)10-15/h2-5,11H,6-9H2,1H3. The third-order valence-corrected chi connectivity index (χ3v) is 3.92. The fourth-order valence-corrected chi connectivity index (χ4v) is 2.85. The third-order valence-electron chi connectivity index (χ3n) is 2.98. The molecule has 1 aliphatic rings. The van der Waals surface area contributed by atoms with Crippen LogP contribution in [0.2, 0.25) is 0 Å². The highest BCUT2D eigenvalue weighted by molar-refractivity contribution is 7.99. The zero-order valence-corrected chi connectivity index (χ0v) is 11.7. The lowest BCUT2D eigenvalue weighted by molar-refractivity contribution is -0.137. The summed E-state index contributed by atoms with van der Waals surface area (Å²) in [6.45, 7) is 3.28. The summed E-state index contributed by atoms with van der Waals surface area (Å²) in [6, 6.07) is 9.04. The Morgan fingerprint density at radius 1 is 1.42 bits per heavy atom. The predicted molar refractivity (Wildman–Crippen MR) is 75.2 cm³/mol. The summed E-state index contributed by atoms with van der Waals surface area (Å²) in [4.78, 5) is 14.0. The molecule has 0 radical (unpaired) electrons. The van der Waals surface area contributed by atoms with Gasteiger partial charge in [-0.25, -0.2) is 0 Å². The van der Waals surface area contributed by atoms with Gasteiger partial charge in [-0.2, -0.15) is 17.0 Å². The Bertz CT molecular complexity index is 492. The topological polar surface area (TPSA) is 53.3 Å². The van der Waals surface area contributed by atoms with Gasteiger partial charge in [0.15, 0.2) is 6.10 Å². The Balaban J connectivity index is 2.02. The number of para-hydroxylation sites is 1. The minimum absolute atomic E-state index is 0.00644. The Morgan fingerprint density at radius 3 is 2.79 bits per heavy atom. The molecule has 0 aliphatic carbocycles. The monoisotopic (exact) mass is 276 g/mol. The average Bonchev–Trinajstić information content (AvgIpc) is 2.48. The van der Waals surface area contributed by atoms with E-state index in [1.807, 2.05) is 16.7 Å². The van der Waals surface area contributed by atoms with Crippen molar-refractivity contribution in [3.8, 4) is 11.8 Å². The Morgan fingerprint density at radius 2 is 2.11 bits per heavy atom. The molecule has 1 amide bonds. The van der Waals surface area contributed by atoms with Crippen LogP contribution in [0, 0.1) is 11.3 Å². The molecule has 1 aromatic rings. The van der Waals surface area contributed by atoms with E-state index in [4.69, 9.17) is 10.00 Å². The number of nitriles is 1. The van der Waals surface area contributed by atoms with Gasteiger partial charge in [0.25, 0.3) is 5.91 Å². The fraction of sp³-hybridized carbons (Fsp3) is 0.429. The van der Waals surface area contributed by atoms with Crippen LogP contribution in [0.15, 0.2) is 24.3 Å². The van der Waals surface area contributed by atoms with Crippen molar-refractivity contribution in [3.05, 3.63) is 29.8 Å². The number of carbonyl (C=O) groups excluding carboxylic acids is 1. The average molecular weight is 276 g/mol. The molecular formula is C14H16N2O2S. The molecule has 1 aromatic carbocycles. The van der Waals surface area contributed by atoms with Gasteiger partial charge >= 0.3 is 0 Å². The van der Waals surface area contributed by atoms with E-state index in [1.165, 1.54) is 0 Å². The van der Waals surface area contributed by atoms with Crippen LogP contribution < -0.4 is 4.74 Å². The summed E-state index contributed by atoms with van der Waals surface area (Å²) in [5, 5.41) is 8.99. The number of hydrogen-bond donors (Lipinski definition) is 0. The van der Waals surface area contributed by atoms with Crippen LogP contribution in [0.25, 0.3) is 0 Å². The van der Waals surface area contributed by atoms with E-state index in [0.29, 0.717) is 11.3 Å². The number of amides is 1. The minimum Gasteiger partial charge on any atom is -0.480 e. The van der Waals surface area contributed by atoms with Gasteiger partial charge in [-0.1, -0.05) is 12.1 Å².